The molecule has 0 unspecified atom stereocenters. The van der Waals surface area contributed by atoms with E-state index in [4.69, 9.17) is 9.29 Å². The molecule has 0 aliphatic carbocycles. The molecule has 0 bridgehead atoms. The molecule has 1 aromatic rings. The van der Waals surface area contributed by atoms with E-state index in [1.54, 1.807) is 12.1 Å². The smallest absolute Gasteiger partial charge is 0.294 e. The van der Waals surface area contributed by atoms with Crippen LogP contribution in [0, 0.1) is 12.8 Å². The SMILES string of the molecule is C1C[C@@H]2COC[C@H]2N1.Cc1ccc(S(=O)(=O)O)cc1. The third-order valence-corrected chi connectivity index (χ3v) is 4.31. The summed E-state index contributed by atoms with van der Waals surface area (Å²) >= 11 is 0. The van der Waals surface area contributed by atoms with Gasteiger partial charge in [-0.3, -0.25) is 4.55 Å². The molecule has 1 aromatic carbocycles. The quantitative estimate of drug-likeness (QED) is 0.759. The molecule has 3 rings (SSSR count). The first-order chi connectivity index (χ1) is 8.97. The Morgan fingerprint density at radius 2 is 1.95 bits per heavy atom. The number of benzene rings is 1. The Morgan fingerprint density at radius 1 is 1.26 bits per heavy atom. The monoisotopic (exact) mass is 285 g/mol. The fourth-order valence-electron chi connectivity index (χ4n) is 2.27. The Morgan fingerprint density at radius 3 is 2.53 bits per heavy atom. The van der Waals surface area contributed by atoms with E-state index in [1.165, 1.54) is 25.1 Å². The first-order valence-corrected chi connectivity index (χ1v) is 7.76. The highest BCUT2D eigenvalue weighted by molar-refractivity contribution is 7.85. The van der Waals surface area contributed by atoms with Gasteiger partial charge in [-0.15, -0.1) is 0 Å². The molecule has 2 saturated heterocycles. The Balaban J connectivity index is 0.000000146. The van der Waals surface area contributed by atoms with Crippen molar-refractivity contribution in [3.63, 3.8) is 0 Å². The van der Waals surface area contributed by atoms with Gasteiger partial charge in [-0.05, 0) is 32.0 Å². The molecule has 0 radical (unpaired) electrons. The molecule has 2 aliphatic rings. The van der Waals surface area contributed by atoms with Gasteiger partial charge in [0.2, 0.25) is 0 Å². The topological polar surface area (TPSA) is 75.6 Å². The van der Waals surface area contributed by atoms with Crippen molar-refractivity contribution >= 4 is 10.1 Å². The van der Waals surface area contributed by atoms with Gasteiger partial charge in [-0.25, -0.2) is 0 Å². The molecule has 2 atom stereocenters. The van der Waals surface area contributed by atoms with Crippen molar-refractivity contribution in [3.8, 4) is 0 Å². The summed E-state index contributed by atoms with van der Waals surface area (Å²) in [6.45, 7) is 4.99. The largest absolute Gasteiger partial charge is 0.379 e. The van der Waals surface area contributed by atoms with Crippen LogP contribution < -0.4 is 5.32 Å². The third kappa shape index (κ3) is 4.01. The van der Waals surface area contributed by atoms with Gasteiger partial charge in [0, 0.05) is 12.0 Å². The van der Waals surface area contributed by atoms with Crippen LogP contribution in [0.4, 0.5) is 0 Å². The molecule has 6 heteroatoms. The third-order valence-electron chi connectivity index (χ3n) is 3.44. The predicted octanol–water partition coefficient (Wildman–Crippen LogP) is 1.24. The van der Waals surface area contributed by atoms with Crippen molar-refractivity contribution in [2.24, 2.45) is 5.92 Å². The average Bonchev–Trinajstić information content (AvgIpc) is 2.91. The van der Waals surface area contributed by atoms with E-state index in [-0.39, 0.29) is 4.90 Å². The van der Waals surface area contributed by atoms with Crippen LogP contribution in [0.25, 0.3) is 0 Å². The molecular weight excluding hydrogens is 266 g/mol. The van der Waals surface area contributed by atoms with E-state index in [1.807, 2.05) is 6.92 Å². The molecule has 0 spiro atoms. The highest BCUT2D eigenvalue weighted by Gasteiger charge is 2.31. The second-order valence-corrected chi connectivity index (χ2v) is 6.36. The van der Waals surface area contributed by atoms with E-state index in [0.29, 0.717) is 6.04 Å². The van der Waals surface area contributed by atoms with Gasteiger partial charge in [0.25, 0.3) is 10.1 Å². The van der Waals surface area contributed by atoms with Crippen LogP contribution in [0.1, 0.15) is 12.0 Å². The van der Waals surface area contributed by atoms with Crippen molar-refractivity contribution < 1.29 is 17.7 Å². The zero-order valence-corrected chi connectivity index (χ0v) is 11.7. The van der Waals surface area contributed by atoms with E-state index in [0.717, 1.165) is 24.7 Å². The van der Waals surface area contributed by atoms with Gasteiger partial charge in [0.05, 0.1) is 18.1 Å². The number of rotatable bonds is 1. The summed E-state index contributed by atoms with van der Waals surface area (Å²) in [6.07, 6.45) is 1.32. The van der Waals surface area contributed by atoms with Crippen molar-refractivity contribution in [2.45, 2.75) is 24.3 Å². The standard InChI is InChI=1S/C7H8O3S.C6H11NO/c1-6-2-4-7(5-3-6)11(8,9)10;1-2-7-6-4-8-3-5(1)6/h2-5H,1H3,(H,8,9,10);5-7H,1-4H2/t;5-,6-/m.1/s1. The van der Waals surface area contributed by atoms with Crippen LogP contribution in [0.15, 0.2) is 29.2 Å². The Hall–Kier alpha value is -0.950. The summed E-state index contributed by atoms with van der Waals surface area (Å²) < 4.78 is 34.8. The van der Waals surface area contributed by atoms with Gasteiger partial charge in [0.15, 0.2) is 0 Å². The summed E-state index contributed by atoms with van der Waals surface area (Å²) in [5, 5.41) is 3.39. The lowest BCUT2D eigenvalue weighted by Gasteiger charge is -2.02. The van der Waals surface area contributed by atoms with Crippen LogP contribution in [-0.4, -0.2) is 38.8 Å². The summed E-state index contributed by atoms with van der Waals surface area (Å²) in [4.78, 5) is -0.0666. The number of hydrogen-bond acceptors (Lipinski definition) is 4. The van der Waals surface area contributed by atoms with Gasteiger partial charge >= 0.3 is 0 Å². The van der Waals surface area contributed by atoms with Crippen LogP contribution in [-0.2, 0) is 14.9 Å². The molecule has 2 N–H and O–H groups in total. The van der Waals surface area contributed by atoms with E-state index in [9.17, 15) is 8.42 Å². The fraction of sp³-hybridized carbons (Fsp3) is 0.538. The van der Waals surface area contributed by atoms with Gasteiger partial charge in [0.1, 0.15) is 0 Å². The lowest BCUT2D eigenvalue weighted by Crippen LogP contribution is -2.25. The number of ether oxygens (including phenoxy) is 1. The normalized spacial score (nSPS) is 25.6. The molecule has 0 aromatic heterocycles. The summed E-state index contributed by atoms with van der Waals surface area (Å²) in [6, 6.07) is 6.69. The zero-order valence-electron chi connectivity index (χ0n) is 10.9. The lowest BCUT2D eigenvalue weighted by molar-refractivity contribution is 0.177. The average molecular weight is 285 g/mol. The lowest BCUT2D eigenvalue weighted by atomic mass is 10.1. The highest BCUT2D eigenvalue weighted by atomic mass is 32.2. The second kappa shape index (κ2) is 6.00. The minimum absolute atomic E-state index is 0.0666. The minimum Gasteiger partial charge on any atom is -0.379 e. The molecular formula is C13H19NO4S. The number of hydrogen-bond donors (Lipinski definition) is 2. The van der Waals surface area contributed by atoms with Crippen molar-refractivity contribution in [1.82, 2.24) is 5.32 Å². The Bertz CT molecular complexity index is 492. The summed E-state index contributed by atoms with van der Waals surface area (Å²) in [7, 11) is -4.02. The number of aryl methyl sites for hydroxylation is 1. The zero-order chi connectivity index (χ0) is 13.9. The van der Waals surface area contributed by atoms with E-state index < -0.39 is 10.1 Å². The minimum atomic E-state index is -4.02. The first-order valence-electron chi connectivity index (χ1n) is 6.32. The van der Waals surface area contributed by atoms with Crippen molar-refractivity contribution in [1.29, 1.82) is 0 Å². The molecule has 2 fully saturated rings. The van der Waals surface area contributed by atoms with Crippen LogP contribution in [0.5, 0.6) is 0 Å². The maximum atomic E-state index is 10.5. The van der Waals surface area contributed by atoms with Crippen LogP contribution >= 0.6 is 0 Å². The van der Waals surface area contributed by atoms with Gasteiger partial charge in [-0.1, -0.05) is 17.7 Å². The molecule has 0 saturated carbocycles. The maximum absolute atomic E-state index is 10.5. The molecule has 0 amide bonds. The van der Waals surface area contributed by atoms with Crippen molar-refractivity contribution in [3.05, 3.63) is 29.8 Å². The molecule has 19 heavy (non-hydrogen) atoms. The van der Waals surface area contributed by atoms with E-state index >= 15 is 0 Å². The molecule has 5 nitrogen and oxygen atoms in total. The molecule has 2 aliphatic heterocycles. The molecule has 2 heterocycles. The van der Waals surface area contributed by atoms with Gasteiger partial charge in [-0.2, -0.15) is 8.42 Å². The summed E-state index contributed by atoms with van der Waals surface area (Å²) in [5.74, 6) is 0.843. The Labute approximate surface area is 113 Å². The fourth-order valence-corrected chi connectivity index (χ4v) is 2.75. The second-order valence-electron chi connectivity index (χ2n) is 4.93. The Kier molecular flexibility index (Phi) is 4.57. The van der Waals surface area contributed by atoms with Crippen LogP contribution in [0.3, 0.4) is 0 Å². The maximum Gasteiger partial charge on any atom is 0.294 e. The predicted molar refractivity (Wildman–Crippen MR) is 71.7 cm³/mol. The van der Waals surface area contributed by atoms with Crippen LogP contribution in [0.2, 0.25) is 0 Å². The molecule has 106 valence electrons. The summed E-state index contributed by atoms with van der Waals surface area (Å²) in [5.41, 5.74) is 0.956. The first kappa shape index (κ1) is 14.5. The number of nitrogens with one attached hydrogen (secondary N) is 1. The van der Waals surface area contributed by atoms with Gasteiger partial charge < -0.3 is 10.1 Å². The van der Waals surface area contributed by atoms with E-state index in [2.05, 4.69) is 5.32 Å². The van der Waals surface area contributed by atoms with Crippen molar-refractivity contribution in [2.75, 3.05) is 19.8 Å². The number of fused-ring (bicyclic) bond motifs is 1. The highest BCUT2D eigenvalue weighted by Crippen LogP contribution is 2.21.